The number of hydrogen-bond acceptors (Lipinski definition) is 4. The van der Waals surface area contributed by atoms with Gasteiger partial charge in [-0.1, -0.05) is 48.5 Å². The van der Waals surface area contributed by atoms with Crippen LogP contribution in [0, 0.1) is 0 Å². The number of carbonyl (C=O) groups excluding carboxylic acids is 3. The molecule has 32 heavy (non-hydrogen) atoms. The normalized spacial score (nSPS) is 18.9. The molecule has 7 heteroatoms. The molecule has 0 saturated carbocycles. The predicted molar refractivity (Wildman–Crippen MR) is 121 cm³/mol. The van der Waals surface area contributed by atoms with Crippen LogP contribution in [-0.2, 0) is 14.3 Å². The molecule has 3 amide bonds. The molecule has 0 bridgehead atoms. The van der Waals surface area contributed by atoms with Gasteiger partial charge in [-0.25, -0.2) is 4.79 Å². The van der Waals surface area contributed by atoms with E-state index in [-0.39, 0.29) is 24.3 Å². The van der Waals surface area contributed by atoms with Crippen molar-refractivity contribution in [1.82, 2.24) is 16.0 Å². The Bertz CT molecular complexity index is 988. The van der Waals surface area contributed by atoms with Gasteiger partial charge >= 0.3 is 6.09 Å². The maximum atomic E-state index is 12.2. The minimum absolute atomic E-state index is 0.0332. The molecule has 0 unspecified atom stereocenters. The van der Waals surface area contributed by atoms with Gasteiger partial charge in [0.15, 0.2) is 0 Å². The molecular weight excluding hydrogens is 406 g/mol. The molecule has 1 aliphatic heterocycles. The summed E-state index contributed by atoms with van der Waals surface area (Å²) in [4.78, 5) is 36.3. The molecule has 0 aromatic heterocycles. The van der Waals surface area contributed by atoms with Gasteiger partial charge in [-0.05, 0) is 55.4 Å². The molecular formula is C25H29N3O4. The van der Waals surface area contributed by atoms with Crippen molar-refractivity contribution in [2.24, 2.45) is 0 Å². The van der Waals surface area contributed by atoms with E-state index in [1.54, 1.807) is 13.8 Å². The number of hydrogen-bond donors (Lipinski definition) is 3. The number of piperazine rings is 1. The Kier molecular flexibility index (Phi) is 6.17. The average molecular weight is 436 g/mol. The van der Waals surface area contributed by atoms with Crippen molar-refractivity contribution < 1.29 is 19.1 Å². The van der Waals surface area contributed by atoms with Crippen LogP contribution in [0.4, 0.5) is 4.79 Å². The quantitative estimate of drug-likeness (QED) is 0.583. The van der Waals surface area contributed by atoms with Gasteiger partial charge in [-0.3, -0.25) is 9.59 Å². The summed E-state index contributed by atoms with van der Waals surface area (Å²) in [7, 11) is 0. The summed E-state index contributed by atoms with van der Waals surface area (Å²) in [6.07, 6.45) is 1.47. The number of amides is 3. The lowest BCUT2D eigenvalue weighted by Gasteiger charge is -2.34. The monoisotopic (exact) mass is 435 g/mol. The zero-order valence-corrected chi connectivity index (χ0v) is 18.4. The van der Waals surface area contributed by atoms with Gasteiger partial charge < -0.3 is 20.7 Å². The molecule has 168 valence electrons. The second-order valence-corrected chi connectivity index (χ2v) is 8.89. The number of nitrogens with one attached hydrogen (secondary N) is 3. The highest BCUT2D eigenvalue weighted by molar-refractivity contribution is 5.99. The minimum atomic E-state index is -0.876. The van der Waals surface area contributed by atoms with Crippen molar-refractivity contribution in [2.75, 3.05) is 13.2 Å². The summed E-state index contributed by atoms with van der Waals surface area (Å²) in [5.74, 6) is -0.316. The fraction of sp³-hybridized carbons (Fsp3) is 0.400. The molecule has 1 aliphatic carbocycles. The van der Waals surface area contributed by atoms with E-state index >= 15 is 0 Å². The van der Waals surface area contributed by atoms with Crippen LogP contribution in [0.2, 0.25) is 0 Å². The van der Waals surface area contributed by atoms with Crippen LogP contribution in [0.25, 0.3) is 11.1 Å². The van der Waals surface area contributed by atoms with Crippen LogP contribution in [0.5, 0.6) is 0 Å². The number of ether oxygens (including phenoxy) is 1. The fourth-order valence-corrected chi connectivity index (χ4v) is 4.37. The highest BCUT2D eigenvalue weighted by Crippen LogP contribution is 2.44. The largest absolute Gasteiger partial charge is 0.449 e. The summed E-state index contributed by atoms with van der Waals surface area (Å²) in [6, 6.07) is 15.9. The van der Waals surface area contributed by atoms with E-state index in [9.17, 15) is 14.4 Å². The molecule has 2 aromatic rings. The third-order valence-corrected chi connectivity index (χ3v) is 6.16. The molecule has 2 aromatic carbocycles. The standard InChI is InChI=1S/C25H29N3O4/c1-25(2)23(30)27-21(22(29)28-25)13-7-8-14-26-24(31)32-15-20-18-11-5-3-9-16(18)17-10-4-6-12-19(17)20/h3-6,9-12,20-21H,7-8,13-15H2,1-2H3,(H,26,31)(H,27,30)(H,28,29)/t21-/m0/s1. The number of alkyl carbamates (subject to hydrolysis) is 1. The minimum Gasteiger partial charge on any atom is -0.449 e. The number of unbranched alkanes of at least 4 members (excludes halogenated alkanes) is 1. The maximum absolute atomic E-state index is 12.2. The summed E-state index contributed by atoms with van der Waals surface area (Å²) in [5, 5.41) is 8.27. The van der Waals surface area contributed by atoms with Crippen LogP contribution in [0.1, 0.15) is 50.2 Å². The highest BCUT2D eigenvalue weighted by Gasteiger charge is 2.38. The summed E-state index contributed by atoms with van der Waals surface area (Å²) in [6.45, 7) is 4.08. The number of rotatable bonds is 7. The van der Waals surface area contributed by atoms with Crippen molar-refractivity contribution in [3.8, 4) is 11.1 Å². The summed E-state index contributed by atoms with van der Waals surface area (Å²) in [5.41, 5.74) is 3.87. The van der Waals surface area contributed by atoms with Crippen LogP contribution in [0.15, 0.2) is 48.5 Å². The first-order chi connectivity index (χ1) is 15.4. The number of carbonyl (C=O) groups is 3. The van der Waals surface area contributed by atoms with Crippen molar-refractivity contribution in [3.63, 3.8) is 0 Å². The van der Waals surface area contributed by atoms with E-state index in [2.05, 4.69) is 40.2 Å². The fourth-order valence-electron chi connectivity index (χ4n) is 4.37. The molecule has 0 spiro atoms. The number of benzene rings is 2. The van der Waals surface area contributed by atoms with Crippen LogP contribution < -0.4 is 16.0 Å². The Morgan fingerprint density at radius 2 is 1.62 bits per heavy atom. The van der Waals surface area contributed by atoms with Gasteiger partial charge in [0.2, 0.25) is 11.8 Å². The summed E-state index contributed by atoms with van der Waals surface area (Å²) < 4.78 is 5.52. The smallest absolute Gasteiger partial charge is 0.407 e. The third-order valence-electron chi connectivity index (χ3n) is 6.16. The second kappa shape index (κ2) is 9.02. The lowest BCUT2D eigenvalue weighted by molar-refractivity contribution is -0.140. The van der Waals surface area contributed by atoms with Crippen LogP contribution in [0.3, 0.4) is 0 Å². The van der Waals surface area contributed by atoms with Gasteiger partial charge in [0.1, 0.15) is 18.2 Å². The molecule has 1 heterocycles. The molecule has 1 fully saturated rings. The Labute approximate surface area is 187 Å². The Balaban J connectivity index is 1.20. The van der Waals surface area contributed by atoms with Gasteiger partial charge in [0.05, 0.1) is 0 Å². The van der Waals surface area contributed by atoms with E-state index in [4.69, 9.17) is 4.74 Å². The second-order valence-electron chi connectivity index (χ2n) is 8.89. The molecule has 1 saturated heterocycles. The maximum Gasteiger partial charge on any atom is 0.407 e. The SMILES string of the molecule is CC1(C)NC(=O)[C@H](CCCCNC(=O)OCC2c3ccccc3-c3ccccc32)NC1=O. The third kappa shape index (κ3) is 4.47. The number of fused-ring (bicyclic) bond motifs is 3. The first kappa shape index (κ1) is 21.9. The molecule has 7 nitrogen and oxygen atoms in total. The lowest BCUT2D eigenvalue weighted by atomic mass is 9.97. The Morgan fingerprint density at radius 1 is 1.00 bits per heavy atom. The van der Waals surface area contributed by atoms with Gasteiger partial charge in [-0.2, -0.15) is 0 Å². The van der Waals surface area contributed by atoms with Crippen molar-refractivity contribution >= 4 is 17.9 Å². The Morgan fingerprint density at radius 3 is 2.28 bits per heavy atom. The van der Waals surface area contributed by atoms with Crippen molar-refractivity contribution in [3.05, 3.63) is 59.7 Å². The zero-order chi connectivity index (χ0) is 22.7. The topological polar surface area (TPSA) is 96.5 Å². The molecule has 1 atom stereocenters. The zero-order valence-electron chi connectivity index (χ0n) is 18.4. The Hall–Kier alpha value is -3.35. The van der Waals surface area contributed by atoms with E-state index in [0.29, 0.717) is 25.8 Å². The van der Waals surface area contributed by atoms with Gasteiger partial charge in [0.25, 0.3) is 0 Å². The molecule has 3 N–H and O–H groups in total. The highest BCUT2D eigenvalue weighted by atomic mass is 16.5. The van der Waals surface area contributed by atoms with Gasteiger partial charge in [0, 0.05) is 12.5 Å². The summed E-state index contributed by atoms with van der Waals surface area (Å²) >= 11 is 0. The van der Waals surface area contributed by atoms with Crippen molar-refractivity contribution in [2.45, 2.75) is 50.6 Å². The average Bonchev–Trinajstić information content (AvgIpc) is 3.09. The predicted octanol–water partition coefficient (Wildman–Crippen LogP) is 3.09. The first-order valence-corrected chi connectivity index (χ1v) is 11.1. The first-order valence-electron chi connectivity index (χ1n) is 11.1. The van der Waals surface area contributed by atoms with Crippen LogP contribution in [-0.4, -0.2) is 42.6 Å². The van der Waals surface area contributed by atoms with Crippen LogP contribution >= 0.6 is 0 Å². The van der Waals surface area contributed by atoms with Gasteiger partial charge in [-0.15, -0.1) is 0 Å². The van der Waals surface area contributed by atoms with Crippen molar-refractivity contribution in [1.29, 1.82) is 0 Å². The molecule has 2 aliphatic rings. The van der Waals surface area contributed by atoms with E-state index in [1.165, 1.54) is 22.3 Å². The van der Waals surface area contributed by atoms with E-state index in [1.807, 2.05) is 24.3 Å². The molecule has 0 radical (unpaired) electrons. The van der Waals surface area contributed by atoms with E-state index in [0.717, 1.165) is 0 Å². The lowest BCUT2D eigenvalue weighted by Crippen LogP contribution is -2.66. The molecule has 4 rings (SSSR count). The van der Waals surface area contributed by atoms with E-state index < -0.39 is 17.7 Å².